The first-order chi connectivity index (χ1) is 12.4. The van der Waals surface area contributed by atoms with Crippen LogP contribution < -0.4 is 0 Å². The minimum Gasteiger partial charge on any atom is -0.306 e. The fourth-order valence-electron chi connectivity index (χ4n) is 3.57. The highest BCUT2D eigenvalue weighted by Gasteiger charge is 2.20. The second kappa shape index (κ2) is 8.04. The number of hydrogen-bond donors (Lipinski definition) is 0. The number of halogens is 3. The Labute approximate surface area is 151 Å². The number of hydrogen-bond acceptors (Lipinski definition) is 2. The summed E-state index contributed by atoms with van der Waals surface area (Å²) in [6.45, 7) is 2.05. The molecule has 1 heterocycles. The summed E-state index contributed by atoms with van der Waals surface area (Å²) in [6.07, 6.45) is 2.64. The van der Waals surface area contributed by atoms with E-state index in [0.29, 0.717) is 11.5 Å². The van der Waals surface area contributed by atoms with Crippen LogP contribution in [0.5, 0.6) is 0 Å². The summed E-state index contributed by atoms with van der Waals surface area (Å²) in [5.41, 5.74) is 0.713. The molecule has 0 amide bonds. The van der Waals surface area contributed by atoms with Gasteiger partial charge in [0.05, 0.1) is 5.56 Å². The van der Waals surface area contributed by atoms with Crippen LogP contribution in [-0.4, -0.2) is 30.8 Å². The lowest BCUT2D eigenvalue weighted by Gasteiger charge is -2.29. The van der Waals surface area contributed by atoms with E-state index < -0.39 is 28.8 Å². The molecule has 0 spiro atoms. The van der Waals surface area contributed by atoms with E-state index in [0.717, 1.165) is 50.0 Å². The highest BCUT2D eigenvalue weighted by Crippen LogP contribution is 2.23. The Balaban J connectivity index is 1.74. The van der Waals surface area contributed by atoms with Crippen LogP contribution in [0, 0.1) is 23.4 Å². The summed E-state index contributed by atoms with van der Waals surface area (Å²) in [5, 5.41) is 0. The van der Waals surface area contributed by atoms with Gasteiger partial charge in [0.25, 0.3) is 0 Å². The second-order valence-electron chi connectivity index (χ2n) is 7.12. The lowest BCUT2D eigenvalue weighted by Crippen LogP contribution is -2.30. The molecular weight excluding hydrogens is 339 g/mol. The van der Waals surface area contributed by atoms with E-state index in [1.165, 1.54) is 18.2 Å². The number of carbonyl (C=O) groups is 1. The lowest BCUT2D eigenvalue weighted by molar-refractivity contribution is 0.0985. The molecule has 138 valence electrons. The van der Waals surface area contributed by atoms with Gasteiger partial charge in [0.2, 0.25) is 0 Å². The van der Waals surface area contributed by atoms with E-state index in [4.69, 9.17) is 0 Å². The standard InChI is InChI=1S/C21H22F3NO/c1-25-7-5-14(6-8-25)9-15-10-16(12-17(22)11-15)13-20(26)21-18(23)3-2-4-19(21)24/h2-4,10-12,14H,5-9,13H2,1H3. The third-order valence-corrected chi connectivity index (χ3v) is 4.99. The molecule has 1 fully saturated rings. The van der Waals surface area contributed by atoms with Gasteiger partial charge in [-0.05, 0) is 80.7 Å². The minimum absolute atomic E-state index is 0.226. The zero-order valence-corrected chi connectivity index (χ0v) is 14.8. The molecule has 1 saturated heterocycles. The van der Waals surface area contributed by atoms with Gasteiger partial charge in [0, 0.05) is 6.42 Å². The van der Waals surface area contributed by atoms with Crippen molar-refractivity contribution in [3.63, 3.8) is 0 Å². The zero-order chi connectivity index (χ0) is 18.7. The van der Waals surface area contributed by atoms with Crippen molar-refractivity contribution in [2.45, 2.75) is 25.7 Å². The topological polar surface area (TPSA) is 20.3 Å². The lowest BCUT2D eigenvalue weighted by atomic mass is 9.89. The first kappa shape index (κ1) is 18.6. The van der Waals surface area contributed by atoms with Crippen molar-refractivity contribution in [1.82, 2.24) is 4.90 Å². The molecule has 0 atom stereocenters. The minimum atomic E-state index is -0.891. The molecular formula is C21H22F3NO. The Bertz CT molecular complexity index is 778. The fraction of sp³-hybridized carbons (Fsp3) is 0.381. The van der Waals surface area contributed by atoms with E-state index in [2.05, 4.69) is 11.9 Å². The molecule has 1 aliphatic rings. The molecule has 0 unspecified atom stereocenters. The largest absolute Gasteiger partial charge is 0.306 e. The van der Waals surface area contributed by atoms with Crippen LogP contribution >= 0.6 is 0 Å². The summed E-state index contributed by atoms with van der Waals surface area (Å²) < 4.78 is 41.5. The maximum absolute atomic E-state index is 14.0. The summed E-state index contributed by atoms with van der Waals surface area (Å²) in [4.78, 5) is 14.6. The highest BCUT2D eigenvalue weighted by atomic mass is 19.1. The van der Waals surface area contributed by atoms with Gasteiger partial charge in [-0.3, -0.25) is 4.79 Å². The predicted octanol–water partition coefficient (Wildman–Crippen LogP) is 4.41. The molecule has 0 aliphatic carbocycles. The van der Waals surface area contributed by atoms with Gasteiger partial charge in [-0.2, -0.15) is 0 Å². The summed E-state index contributed by atoms with van der Waals surface area (Å²) in [7, 11) is 2.09. The van der Waals surface area contributed by atoms with Crippen molar-refractivity contribution < 1.29 is 18.0 Å². The van der Waals surface area contributed by atoms with Gasteiger partial charge < -0.3 is 4.90 Å². The molecule has 0 radical (unpaired) electrons. The van der Waals surface area contributed by atoms with Crippen molar-refractivity contribution in [1.29, 1.82) is 0 Å². The molecule has 2 aromatic rings. The average molecular weight is 361 g/mol. The van der Waals surface area contributed by atoms with Gasteiger partial charge >= 0.3 is 0 Å². The number of likely N-dealkylation sites (tertiary alicyclic amines) is 1. The molecule has 0 N–H and O–H groups in total. The number of piperidine rings is 1. The molecule has 0 bridgehead atoms. The third kappa shape index (κ3) is 4.52. The average Bonchev–Trinajstić information content (AvgIpc) is 2.56. The van der Waals surface area contributed by atoms with Crippen LogP contribution in [0.4, 0.5) is 13.2 Å². The van der Waals surface area contributed by atoms with Gasteiger partial charge in [-0.15, -0.1) is 0 Å². The first-order valence-electron chi connectivity index (χ1n) is 8.86. The monoisotopic (exact) mass is 361 g/mol. The molecule has 3 rings (SSSR count). The van der Waals surface area contributed by atoms with E-state index in [1.54, 1.807) is 6.07 Å². The number of benzene rings is 2. The molecule has 5 heteroatoms. The second-order valence-corrected chi connectivity index (χ2v) is 7.12. The van der Waals surface area contributed by atoms with E-state index >= 15 is 0 Å². The Morgan fingerprint density at radius 1 is 1.04 bits per heavy atom. The number of carbonyl (C=O) groups excluding carboxylic acids is 1. The van der Waals surface area contributed by atoms with Crippen LogP contribution in [0.2, 0.25) is 0 Å². The summed E-state index contributed by atoms with van der Waals surface area (Å²) in [6, 6.07) is 7.83. The molecule has 26 heavy (non-hydrogen) atoms. The smallest absolute Gasteiger partial charge is 0.173 e. The first-order valence-corrected chi connectivity index (χ1v) is 8.86. The SMILES string of the molecule is CN1CCC(Cc2cc(F)cc(CC(=O)c3c(F)cccc3F)c2)CC1. The Kier molecular flexibility index (Phi) is 5.77. The summed E-state index contributed by atoms with van der Waals surface area (Å²) >= 11 is 0. The van der Waals surface area contributed by atoms with Crippen LogP contribution in [0.3, 0.4) is 0 Å². The Morgan fingerprint density at radius 2 is 1.65 bits per heavy atom. The molecule has 2 aromatic carbocycles. The Hall–Kier alpha value is -2.14. The number of rotatable bonds is 5. The van der Waals surface area contributed by atoms with Crippen LogP contribution in [0.25, 0.3) is 0 Å². The van der Waals surface area contributed by atoms with Gasteiger partial charge in [-0.1, -0.05) is 12.1 Å². The van der Waals surface area contributed by atoms with Crippen LogP contribution in [0.1, 0.15) is 34.3 Å². The predicted molar refractivity (Wildman–Crippen MR) is 94.7 cm³/mol. The third-order valence-electron chi connectivity index (χ3n) is 4.99. The number of nitrogens with zero attached hydrogens (tertiary/aromatic N) is 1. The molecule has 0 aromatic heterocycles. The normalized spacial score (nSPS) is 16.0. The maximum atomic E-state index is 14.0. The molecule has 1 aliphatic heterocycles. The Morgan fingerprint density at radius 3 is 2.31 bits per heavy atom. The van der Waals surface area contributed by atoms with E-state index in [1.807, 2.05) is 0 Å². The van der Waals surface area contributed by atoms with Crippen molar-refractivity contribution >= 4 is 5.78 Å². The number of Topliss-reactive ketones (excluding diaryl/α,β-unsaturated/α-hetero) is 1. The van der Waals surface area contributed by atoms with Crippen LogP contribution in [0.15, 0.2) is 36.4 Å². The molecule has 0 saturated carbocycles. The van der Waals surface area contributed by atoms with Crippen LogP contribution in [-0.2, 0) is 12.8 Å². The van der Waals surface area contributed by atoms with Crippen molar-refractivity contribution in [2.75, 3.05) is 20.1 Å². The van der Waals surface area contributed by atoms with Gasteiger partial charge in [0.15, 0.2) is 5.78 Å². The van der Waals surface area contributed by atoms with Crippen molar-refractivity contribution in [3.8, 4) is 0 Å². The van der Waals surface area contributed by atoms with Gasteiger partial charge in [0.1, 0.15) is 17.5 Å². The summed E-state index contributed by atoms with van der Waals surface area (Å²) in [5.74, 6) is -2.40. The van der Waals surface area contributed by atoms with Crippen molar-refractivity contribution in [3.05, 3.63) is 70.5 Å². The fourth-order valence-corrected chi connectivity index (χ4v) is 3.57. The number of ketones is 1. The molecule has 2 nitrogen and oxygen atoms in total. The van der Waals surface area contributed by atoms with Gasteiger partial charge in [-0.25, -0.2) is 13.2 Å². The van der Waals surface area contributed by atoms with Crippen molar-refractivity contribution in [2.24, 2.45) is 5.92 Å². The van der Waals surface area contributed by atoms with E-state index in [9.17, 15) is 18.0 Å². The van der Waals surface area contributed by atoms with E-state index in [-0.39, 0.29) is 6.42 Å². The quantitative estimate of drug-likeness (QED) is 0.735. The zero-order valence-electron chi connectivity index (χ0n) is 14.8. The maximum Gasteiger partial charge on any atom is 0.173 e. The highest BCUT2D eigenvalue weighted by molar-refractivity contribution is 5.98.